The maximum absolute atomic E-state index is 3.71. The van der Waals surface area contributed by atoms with Gasteiger partial charge in [0, 0.05) is 18.6 Å². The van der Waals surface area contributed by atoms with Crippen LogP contribution in [0.5, 0.6) is 0 Å². The summed E-state index contributed by atoms with van der Waals surface area (Å²) in [4.78, 5) is 2.66. The first-order valence-electron chi connectivity index (χ1n) is 8.70. The van der Waals surface area contributed by atoms with E-state index >= 15 is 0 Å². The highest BCUT2D eigenvalue weighted by atomic mass is 15.2. The summed E-state index contributed by atoms with van der Waals surface area (Å²) in [6.45, 7) is 14.8. The van der Waals surface area contributed by atoms with Crippen molar-refractivity contribution >= 4 is 0 Å². The van der Waals surface area contributed by atoms with Gasteiger partial charge in [-0.3, -0.25) is 4.90 Å². The average molecular weight is 290 g/mol. The Labute approximate surface area is 131 Å². The summed E-state index contributed by atoms with van der Waals surface area (Å²) < 4.78 is 0. The van der Waals surface area contributed by atoms with Crippen LogP contribution in [0, 0.1) is 5.92 Å². The maximum atomic E-state index is 3.71. The van der Waals surface area contributed by atoms with Crippen LogP contribution in [0.2, 0.25) is 0 Å². The SMILES string of the molecule is CCNC(c1ccccc1)C(CC)N(CC)CC(C)CC. The molecule has 0 heterocycles. The van der Waals surface area contributed by atoms with E-state index in [9.17, 15) is 0 Å². The van der Waals surface area contributed by atoms with Crippen molar-refractivity contribution in [2.24, 2.45) is 5.92 Å². The van der Waals surface area contributed by atoms with Gasteiger partial charge < -0.3 is 5.32 Å². The first kappa shape index (κ1) is 18.2. The zero-order chi connectivity index (χ0) is 15.7. The minimum Gasteiger partial charge on any atom is -0.309 e. The molecular weight excluding hydrogens is 256 g/mol. The third kappa shape index (κ3) is 5.44. The van der Waals surface area contributed by atoms with Gasteiger partial charge in [0.1, 0.15) is 0 Å². The second kappa shape index (κ2) is 9.97. The normalized spacial score (nSPS) is 15.9. The first-order chi connectivity index (χ1) is 10.2. The Hall–Kier alpha value is -0.860. The fourth-order valence-corrected chi connectivity index (χ4v) is 3.09. The fourth-order valence-electron chi connectivity index (χ4n) is 3.09. The lowest BCUT2D eigenvalue weighted by Gasteiger charge is -2.38. The van der Waals surface area contributed by atoms with Gasteiger partial charge >= 0.3 is 0 Å². The lowest BCUT2D eigenvalue weighted by molar-refractivity contribution is 0.138. The summed E-state index contributed by atoms with van der Waals surface area (Å²) in [5.74, 6) is 0.761. The number of benzene rings is 1. The predicted octanol–water partition coefficient (Wildman–Crippen LogP) is 4.48. The average Bonchev–Trinajstić information content (AvgIpc) is 2.54. The summed E-state index contributed by atoms with van der Waals surface area (Å²) >= 11 is 0. The molecule has 0 saturated carbocycles. The molecule has 1 rings (SSSR count). The zero-order valence-corrected chi connectivity index (χ0v) is 14.6. The Morgan fingerprint density at radius 3 is 2.14 bits per heavy atom. The van der Waals surface area contributed by atoms with Crippen molar-refractivity contribution in [2.45, 2.75) is 59.5 Å². The Morgan fingerprint density at radius 2 is 1.67 bits per heavy atom. The molecule has 0 bridgehead atoms. The van der Waals surface area contributed by atoms with Crippen LogP contribution < -0.4 is 5.32 Å². The lowest BCUT2D eigenvalue weighted by Crippen LogP contribution is -2.46. The molecule has 120 valence electrons. The minimum atomic E-state index is 0.421. The molecular formula is C19H34N2. The van der Waals surface area contributed by atoms with Crippen LogP contribution in [-0.4, -0.2) is 30.6 Å². The van der Waals surface area contributed by atoms with Gasteiger partial charge in [0.15, 0.2) is 0 Å². The van der Waals surface area contributed by atoms with Crippen LogP contribution >= 0.6 is 0 Å². The van der Waals surface area contributed by atoms with Gasteiger partial charge in [-0.2, -0.15) is 0 Å². The van der Waals surface area contributed by atoms with Crippen molar-refractivity contribution in [3.8, 4) is 0 Å². The molecule has 1 N–H and O–H groups in total. The summed E-state index contributed by atoms with van der Waals surface area (Å²) in [7, 11) is 0. The van der Waals surface area contributed by atoms with E-state index < -0.39 is 0 Å². The molecule has 3 unspecified atom stereocenters. The molecule has 1 aromatic rings. The van der Waals surface area contributed by atoms with E-state index in [1.807, 2.05) is 0 Å². The molecule has 1 aromatic carbocycles. The number of nitrogens with zero attached hydrogens (tertiary/aromatic N) is 1. The summed E-state index contributed by atoms with van der Waals surface area (Å²) in [5, 5.41) is 3.71. The molecule has 2 heteroatoms. The Bertz CT molecular complexity index is 363. The van der Waals surface area contributed by atoms with E-state index in [4.69, 9.17) is 0 Å². The third-order valence-electron chi connectivity index (χ3n) is 4.50. The molecule has 0 aliphatic carbocycles. The van der Waals surface area contributed by atoms with Crippen LogP contribution in [0.4, 0.5) is 0 Å². The Morgan fingerprint density at radius 1 is 1.00 bits per heavy atom. The highest BCUT2D eigenvalue weighted by Crippen LogP contribution is 2.24. The van der Waals surface area contributed by atoms with Crippen molar-refractivity contribution in [2.75, 3.05) is 19.6 Å². The van der Waals surface area contributed by atoms with Gasteiger partial charge in [-0.15, -0.1) is 0 Å². The molecule has 3 atom stereocenters. The van der Waals surface area contributed by atoms with Crippen LogP contribution in [0.3, 0.4) is 0 Å². The molecule has 21 heavy (non-hydrogen) atoms. The highest BCUT2D eigenvalue weighted by molar-refractivity contribution is 5.20. The van der Waals surface area contributed by atoms with E-state index in [0.29, 0.717) is 12.1 Å². The number of likely N-dealkylation sites (N-methyl/N-ethyl adjacent to an activating group) is 2. The molecule has 0 radical (unpaired) electrons. The van der Waals surface area contributed by atoms with Gasteiger partial charge in [0.25, 0.3) is 0 Å². The molecule has 0 aliphatic heterocycles. The smallest absolute Gasteiger partial charge is 0.0477 e. The molecule has 0 saturated heterocycles. The second-order valence-corrected chi connectivity index (χ2v) is 6.02. The Balaban J connectivity index is 2.94. The molecule has 0 fully saturated rings. The number of nitrogens with one attached hydrogen (secondary N) is 1. The van der Waals surface area contributed by atoms with Gasteiger partial charge in [0.2, 0.25) is 0 Å². The van der Waals surface area contributed by atoms with Crippen LogP contribution in [0.15, 0.2) is 30.3 Å². The molecule has 2 nitrogen and oxygen atoms in total. The molecule has 0 aromatic heterocycles. The highest BCUT2D eigenvalue weighted by Gasteiger charge is 2.26. The largest absolute Gasteiger partial charge is 0.309 e. The molecule has 0 spiro atoms. The maximum Gasteiger partial charge on any atom is 0.0477 e. The summed E-state index contributed by atoms with van der Waals surface area (Å²) in [6.07, 6.45) is 2.43. The summed E-state index contributed by atoms with van der Waals surface area (Å²) in [6, 6.07) is 11.9. The van der Waals surface area contributed by atoms with Crippen molar-refractivity contribution in [3.05, 3.63) is 35.9 Å². The minimum absolute atomic E-state index is 0.421. The van der Waals surface area contributed by atoms with Crippen molar-refractivity contribution in [1.82, 2.24) is 10.2 Å². The van der Waals surface area contributed by atoms with E-state index in [1.165, 1.54) is 24.9 Å². The van der Waals surface area contributed by atoms with E-state index in [1.54, 1.807) is 0 Å². The van der Waals surface area contributed by atoms with E-state index in [-0.39, 0.29) is 0 Å². The number of rotatable bonds is 10. The van der Waals surface area contributed by atoms with Crippen LogP contribution in [0.1, 0.15) is 59.1 Å². The first-order valence-corrected chi connectivity index (χ1v) is 8.70. The predicted molar refractivity (Wildman–Crippen MR) is 93.6 cm³/mol. The van der Waals surface area contributed by atoms with Crippen molar-refractivity contribution in [1.29, 1.82) is 0 Å². The monoisotopic (exact) mass is 290 g/mol. The molecule has 0 amide bonds. The van der Waals surface area contributed by atoms with Gasteiger partial charge in [-0.05, 0) is 31.0 Å². The summed E-state index contributed by atoms with van der Waals surface area (Å²) in [5.41, 5.74) is 1.41. The van der Waals surface area contributed by atoms with Gasteiger partial charge in [-0.1, -0.05) is 71.4 Å². The fraction of sp³-hybridized carbons (Fsp3) is 0.684. The van der Waals surface area contributed by atoms with Crippen molar-refractivity contribution in [3.63, 3.8) is 0 Å². The zero-order valence-electron chi connectivity index (χ0n) is 14.6. The van der Waals surface area contributed by atoms with Gasteiger partial charge in [0.05, 0.1) is 0 Å². The number of hydrogen-bond donors (Lipinski definition) is 1. The quantitative estimate of drug-likeness (QED) is 0.683. The topological polar surface area (TPSA) is 15.3 Å². The standard InChI is InChI=1S/C19H34N2/c1-6-16(5)15-21(9-4)18(7-2)19(20-8-3)17-13-11-10-12-14-17/h10-14,16,18-20H,6-9,15H2,1-5H3. The van der Waals surface area contributed by atoms with Crippen LogP contribution in [-0.2, 0) is 0 Å². The molecule has 0 aliphatic rings. The lowest BCUT2D eigenvalue weighted by atomic mass is 9.94. The van der Waals surface area contributed by atoms with Gasteiger partial charge in [-0.25, -0.2) is 0 Å². The second-order valence-electron chi connectivity index (χ2n) is 6.02. The van der Waals surface area contributed by atoms with Crippen LogP contribution in [0.25, 0.3) is 0 Å². The third-order valence-corrected chi connectivity index (χ3v) is 4.50. The number of hydrogen-bond acceptors (Lipinski definition) is 2. The Kier molecular flexibility index (Phi) is 8.63. The van der Waals surface area contributed by atoms with Crippen molar-refractivity contribution < 1.29 is 0 Å². The van der Waals surface area contributed by atoms with E-state index in [0.717, 1.165) is 19.0 Å². The van der Waals surface area contributed by atoms with E-state index in [2.05, 4.69) is 75.2 Å².